The lowest BCUT2D eigenvalue weighted by atomic mass is 10.1. The molecule has 0 saturated heterocycles. The molecule has 0 aliphatic rings. The van der Waals surface area contributed by atoms with Gasteiger partial charge in [0, 0.05) is 5.56 Å². The van der Waals surface area contributed by atoms with E-state index < -0.39 is 27.2 Å². The molecule has 2 aromatic rings. The normalized spacial score (nSPS) is 11.4. The van der Waals surface area contributed by atoms with Crippen molar-refractivity contribution in [3.63, 3.8) is 0 Å². The molecule has 0 N–H and O–H groups in total. The van der Waals surface area contributed by atoms with E-state index in [0.717, 1.165) is 12.1 Å². The fraction of sp³-hybridized carbons (Fsp3) is 0.0714. The molecule has 7 heteroatoms. The molecule has 0 atom stereocenters. The van der Waals surface area contributed by atoms with Gasteiger partial charge in [-0.15, -0.1) is 0 Å². The molecule has 0 aromatic heterocycles. The standard InChI is InChI=1S/C14H9Cl2FO3S/c15-11-5-2-6-12(16)14(11)21(19,20)8-13(18)9-3-1-4-10(17)7-9/h1-7H,8H2. The van der Waals surface area contributed by atoms with Crippen LogP contribution in [-0.4, -0.2) is 20.0 Å². The molecule has 0 heterocycles. The van der Waals surface area contributed by atoms with Crippen molar-refractivity contribution in [1.29, 1.82) is 0 Å². The number of sulfone groups is 1. The Morgan fingerprint density at radius 2 is 1.62 bits per heavy atom. The minimum atomic E-state index is -4.02. The van der Waals surface area contributed by atoms with Crippen LogP contribution in [0.15, 0.2) is 47.4 Å². The van der Waals surface area contributed by atoms with E-state index >= 15 is 0 Å². The number of rotatable bonds is 4. The number of carbonyl (C=O) groups is 1. The van der Waals surface area contributed by atoms with Crippen LogP contribution < -0.4 is 0 Å². The van der Waals surface area contributed by atoms with Crippen LogP contribution in [0.1, 0.15) is 10.4 Å². The SMILES string of the molecule is O=C(CS(=O)(=O)c1c(Cl)cccc1Cl)c1cccc(F)c1. The highest BCUT2D eigenvalue weighted by Crippen LogP contribution is 2.30. The van der Waals surface area contributed by atoms with Crippen LogP contribution in [0.3, 0.4) is 0 Å². The Hall–Kier alpha value is -1.43. The van der Waals surface area contributed by atoms with Crippen molar-refractivity contribution in [2.75, 3.05) is 5.75 Å². The summed E-state index contributed by atoms with van der Waals surface area (Å²) in [5.74, 6) is -2.18. The number of ketones is 1. The summed E-state index contributed by atoms with van der Waals surface area (Å²) < 4.78 is 37.6. The van der Waals surface area contributed by atoms with Gasteiger partial charge in [0.05, 0.1) is 10.0 Å². The van der Waals surface area contributed by atoms with E-state index in [1.165, 1.54) is 30.3 Å². The average molecular weight is 347 g/mol. The zero-order valence-corrected chi connectivity index (χ0v) is 12.8. The summed E-state index contributed by atoms with van der Waals surface area (Å²) in [7, 11) is -4.02. The lowest BCUT2D eigenvalue weighted by Gasteiger charge is -2.08. The van der Waals surface area contributed by atoms with Gasteiger partial charge in [0.15, 0.2) is 15.6 Å². The van der Waals surface area contributed by atoms with E-state index in [-0.39, 0.29) is 20.5 Å². The molecule has 0 radical (unpaired) electrons. The smallest absolute Gasteiger partial charge is 0.188 e. The van der Waals surface area contributed by atoms with E-state index in [0.29, 0.717) is 0 Å². The van der Waals surface area contributed by atoms with Gasteiger partial charge < -0.3 is 0 Å². The highest BCUT2D eigenvalue weighted by Gasteiger charge is 2.25. The number of hydrogen-bond donors (Lipinski definition) is 0. The first-order chi connectivity index (χ1) is 9.81. The van der Waals surface area contributed by atoms with Crippen LogP contribution in [0.4, 0.5) is 4.39 Å². The zero-order valence-electron chi connectivity index (χ0n) is 10.5. The summed E-state index contributed by atoms with van der Waals surface area (Å²) in [6, 6.07) is 9.05. The summed E-state index contributed by atoms with van der Waals surface area (Å²) in [6.07, 6.45) is 0. The molecule has 2 aromatic carbocycles. The largest absolute Gasteiger partial charge is 0.293 e. The molecule has 0 saturated carbocycles. The van der Waals surface area contributed by atoms with Gasteiger partial charge in [-0.1, -0.05) is 41.4 Å². The molecule has 0 unspecified atom stereocenters. The first-order valence-electron chi connectivity index (χ1n) is 5.77. The van der Waals surface area contributed by atoms with E-state index in [1.54, 1.807) is 0 Å². The van der Waals surface area contributed by atoms with Crippen LogP contribution in [0.5, 0.6) is 0 Å². The van der Waals surface area contributed by atoms with Crippen molar-refractivity contribution in [2.45, 2.75) is 4.90 Å². The van der Waals surface area contributed by atoms with Gasteiger partial charge in [-0.05, 0) is 24.3 Å². The third-order valence-electron chi connectivity index (χ3n) is 2.70. The second-order valence-corrected chi connectivity index (χ2v) is 6.98. The van der Waals surface area contributed by atoms with E-state index in [4.69, 9.17) is 23.2 Å². The molecule has 21 heavy (non-hydrogen) atoms. The van der Waals surface area contributed by atoms with Gasteiger partial charge in [-0.3, -0.25) is 4.79 Å². The topological polar surface area (TPSA) is 51.2 Å². The Morgan fingerprint density at radius 1 is 1.05 bits per heavy atom. The van der Waals surface area contributed by atoms with Crippen molar-refractivity contribution < 1.29 is 17.6 Å². The second-order valence-electron chi connectivity index (χ2n) is 4.24. The number of carbonyl (C=O) groups excluding carboxylic acids is 1. The molecule has 2 rings (SSSR count). The van der Waals surface area contributed by atoms with Gasteiger partial charge in [0.2, 0.25) is 0 Å². The number of hydrogen-bond acceptors (Lipinski definition) is 3. The summed E-state index contributed by atoms with van der Waals surface area (Å²) in [4.78, 5) is 11.7. The van der Waals surface area contributed by atoms with Crippen LogP contribution in [-0.2, 0) is 9.84 Å². The van der Waals surface area contributed by atoms with Crippen molar-refractivity contribution in [2.24, 2.45) is 0 Å². The molecule has 110 valence electrons. The fourth-order valence-electron chi connectivity index (χ4n) is 1.77. The van der Waals surface area contributed by atoms with E-state index in [1.807, 2.05) is 0 Å². The molecule has 0 spiro atoms. The Bertz CT molecular complexity index is 783. The summed E-state index contributed by atoms with van der Waals surface area (Å²) in [6.45, 7) is 0. The van der Waals surface area contributed by atoms with Crippen molar-refractivity contribution in [3.8, 4) is 0 Å². The van der Waals surface area contributed by atoms with Crippen LogP contribution in [0.25, 0.3) is 0 Å². The minimum Gasteiger partial charge on any atom is -0.293 e. The minimum absolute atomic E-state index is 0.0262. The van der Waals surface area contributed by atoms with Gasteiger partial charge >= 0.3 is 0 Å². The van der Waals surface area contributed by atoms with Gasteiger partial charge in [-0.25, -0.2) is 12.8 Å². The molecule has 0 aliphatic carbocycles. The summed E-state index contributed by atoms with van der Waals surface area (Å²) in [5.41, 5.74) is -0.0262. The zero-order chi connectivity index (χ0) is 15.6. The predicted octanol–water partition coefficient (Wildman–Crippen LogP) is 3.79. The molecule has 0 aliphatic heterocycles. The van der Waals surface area contributed by atoms with Gasteiger partial charge in [-0.2, -0.15) is 0 Å². The molecule has 0 bridgehead atoms. The molecule has 0 fully saturated rings. The predicted molar refractivity (Wildman–Crippen MR) is 79.2 cm³/mol. The quantitative estimate of drug-likeness (QED) is 0.791. The Labute approximate surface area is 131 Å². The number of benzene rings is 2. The maximum absolute atomic E-state index is 13.1. The molecular formula is C14H9Cl2FO3S. The highest BCUT2D eigenvalue weighted by atomic mass is 35.5. The van der Waals surface area contributed by atoms with E-state index in [2.05, 4.69) is 0 Å². The monoisotopic (exact) mass is 346 g/mol. The van der Waals surface area contributed by atoms with Crippen LogP contribution in [0.2, 0.25) is 10.0 Å². The first-order valence-corrected chi connectivity index (χ1v) is 8.17. The van der Waals surface area contributed by atoms with Crippen molar-refractivity contribution in [1.82, 2.24) is 0 Å². The molecule has 0 amide bonds. The molecular weight excluding hydrogens is 338 g/mol. The maximum atomic E-state index is 13.1. The summed E-state index contributed by atoms with van der Waals surface area (Å²) in [5, 5.41) is -0.121. The Morgan fingerprint density at radius 3 is 2.19 bits per heavy atom. The van der Waals surface area contributed by atoms with Crippen LogP contribution in [0, 0.1) is 5.82 Å². The first kappa shape index (κ1) is 15.9. The van der Waals surface area contributed by atoms with Gasteiger partial charge in [0.1, 0.15) is 16.5 Å². The van der Waals surface area contributed by atoms with Crippen molar-refractivity contribution >= 4 is 38.8 Å². The molecule has 3 nitrogen and oxygen atoms in total. The lowest BCUT2D eigenvalue weighted by Crippen LogP contribution is -2.17. The van der Waals surface area contributed by atoms with Crippen molar-refractivity contribution in [3.05, 3.63) is 63.9 Å². The van der Waals surface area contributed by atoms with Crippen LogP contribution >= 0.6 is 23.2 Å². The Balaban J connectivity index is 2.36. The summed E-state index contributed by atoms with van der Waals surface area (Å²) >= 11 is 11.7. The number of Topliss-reactive ketones (excluding diaryl/α,β-unsaturated/α-hetero) is 1. The maximum Gasteiger partial charge on any atom is 0.188 e. The second kappa shape index (κ2) is 6.13. The number of halogens is 3. The average Bonchev–Trinajstić information content (AvgIpc) is 2.37. The van der Waals surface area contributed by atoms with Gasteiger partial charge in [0.25, 0.3) is 0 Å². The third kappa shape index (κ3) is 3.61. The third-order valence-corrected chi connectivity index (χ3v) is 5.26. The fourth-order valence-corrected chi connectivity index (χ4v) is 4.26. The lowest BCUT2D eigenvalue weighted by molar-refractivity contribution is 0.102. The van der Waals surface area contributed by atoms with E-state index in [9.17, 15) is 17.6 Å². The highest BCUT2D eigenvalue weighted by molar-refractivity contribution is 7.92. The Kier molecular flexibility index (Phi) is 4.66.